The molecule has 4 heteroatoms. The van der Waals surface area contributed by atoms with E-state index in [1.807, 2.05) is 51.1 Å². The van der Waals surface area contributed by atoms with E-state index in [2.05, 4.69) is 5.32 Å². The van der Waals surface area contributed by atoms with E-state index in [0.29, 0.717) is 13.2 Å². The molecule has 4 nitrogen and oxygen atoms in total. The fraction of sp³-hybridized carbons (Fsp3) is 0.500. The van der Waals surface area contributed by atoms with Gasteiger partial charge in [-0.1, -0.05) is 30.3 Å². The minimum Gasteiger partial charge on any atom is -0.445 e. The largest absolute Gasteiger partial charge is 0.445 e. The second kappa shape index (κ2) is 7.01. The van der Waals surface area contributed by atoms with Crippen molar-refractivity contribution in [1.82, 2.24) is 5.32 Å². The third-order valence-corrected chi connectivity index (χ3v) is 2.12. The number of carbonyl (C=O) groups is 1. The highest BCUT2D eigenvalue weighted by Gasteiger charge is 2.09. The molecule has 0 aliphatic heterocycles. The Morgan fingerprint density at radius 1 is 1.22 bits per heavy atom. The van der Waals surface area contributed by atoms with Crippen LogP contribution in [0.2, 0.25) is 0 Å². The second-order valence-corrected chi connectivity index (χ2v) is 4.95. The van der Waals surface area contributed by atoms with Crippen LogP contribution in [-0.4, -0.2) is 24.8 Å². The van der Waals surface area contributed by atoms with Gasteiger partial charge in [0.1, 0.15) is 6.61 Å². The van der Waals surface area contributed by atoms with Crippen LogP contribution in [0.15, 0.2) is 30.3 Å². The van der Waals surface area contributed by atoms with Crippen molar-refractivity contribution in [2.24, 2.45) is 0 Å². The number of benzene rings is 1. The van der Waals surface area contributed by atoms with Crippen LogP contribution in [0.25, 0.3) is 0 Å². The SMILES string of the molecule is CC(C)(C)OCCNC(=O)OCc1ccccc1. The molecule has 0 unspecified atom stereocenters. The Labute approximate surface area is 108 Å². The Balaban J connectivity index is 2.11. The molecule has 1 aromatic carbocycles. The maximum absolute atomic E-state index is 11.4. The second-order valence-electron chi connectivity index (χ2n) is 4.95. The number of alkyl carbamates (subject to hydrolysis) is 1. The van der Waals surface area contributed by atoms with Crippen molar-refractivity contribution in [3.8, 4) is 0 Å². The lowest BCUT2D eigenvalue weighted by Gasteiger charge is -2.19. The molecule has 0 bridgehead atoms. The van der Waals surface area contributed by atoms with E-state index >= 15 is 0 Å². The molecular weight excluding hydrogens is 230 g/mol. The van der Waals surface area contributed by atoms with Gasteiger partial charge in [-0.2, -0.15) is 0 Å². The number of carbonyl (C=O) groups excluding carboxylic acids is 1. The Morgan fingerprint density at radius 2 is 1.89 bits per heavy atom. The van der Waals surface area contributed by atoms with Crippen LogP contribution in [-0.2, 0) is 16.1 Å². The lowest BCUT2D eigenvalue weighted by Crippen LogP contribution is -2.31. The van der Waals surface area contributed by atoms with Crippen LogP contribution in [0.5, 0.6) is 0 Å². The van der Waals surface area contributed by atoms with Gasteiger partial charge in [0.15, 0.2) is 0 Å². The number of rotatable bonds is 5. The molecule has 0 spiro atoms. The van der Waals surface area contributed by atoms with E-state index in [1.54, 1.807) is 0 Å². The molecule has 0 aliphatic carbocycles. The summed E-state index contributed by atoms with van der Waals surface area (Å²) in [5.41, 5.74) is 0.786. The van der Waals surface area contributed by atoms with Crippen molar-refractivity contribution in [1.29, 1.82) is 0 Å². The maximum atomic E-state index is 11.4. The van der Waals surface area contributed by atoms with Crippen LogP contribution >= 0.6 is 0 Å². The predicted octanol–water partition coefficient (Wildman–Crippen LogP) is 2.73. The molecule has 0 saturated carbocycles. The average molecular weight is 251 g/mol. The van der Waals surface area contributed by atoms with Crippen molar-refractivity contribution < 1.29 is 14.3 Å². The number of hydrogen-bond donors (Lipinski definition) is 1. The highest BCUT2D eigenvalue weighted by Crippen LogP contribution is 2.05. The van der Waals surface area contributed by atoms with Crippen LogP contribution in [0, 0.1) is 0 Å². The maximum Gasteiger partial charge on any atom is 0.407 e. The summed E-state index contributed by atoms with van der Waals surface area (Å²) in [5.74, 6) is 0. The van der Waals surface area contributed by atoms with Gasteiger partial charge in [-0.3, -0.25) is 0 Å². The lowest BCUT2D eigenvalue weighted by molar-refractivity contribution is -0.00106. The normalized spacial score (nSPS) is 11.1. The summed E-state index contributed by atoms with van der Waals surface area (Å²) >= 11 is 0. The van der Waals surface area contributed by atoms with Crippen LogP contribution < -0.4 is 5.32 Å². The molecule has 1 amide bonds. The van der Waals surface area contributed by atoms with Crippen LogP contribution in [0.4, 0.5) is 4.79 Å². The third-order valence-electron chi connectivity index (χ3n) is 2.12. The van der Waals surface area contributed by atoms with E-state index in [-0.39, 0.29) is 12.2 Å². The summed E-state index contributed by atoms with van der Waals surface area (Å²) in [7, 11) is 0. The van der Waals surface area contributed by atoms with E-state index in [9.17, 15) is 4.79 Å². The van der Waals surface area contributed by atoms with Crippen molar-refractivity contribution in [2.75, 3.05) is 13.2 Å². The quantitative estimate of drug-likeness (QED) is 0.818. The number of hydrogen-bond acceptors (Lipinski definition) is 3. The molecule has 1 rings (SSSR count). The molecule has 0 aromatic heterocycles. The average Bonchev–Trinajstić information content (AvgIpc) is 2.32. The van der Waals surface area contributed by atoms with Gasteiger partial charge in [0.05, 0.1) is 12.2 Å². The van der Waals surface area contributed by atoms with Gasteiger partial charge in [0.2, 0.25) is 0 Å². The molecule has 0 fully saturated rings. The fourth-order valence-electron chi connectivity index (χ4n) is 1.28. The smallest absolute Gasteiger partial charge is 0.407 e. The molecule has 1 N–H and O–H groups in total. The van der Waals surface area contributed by atoms with Gasteiger partial charge in [-0.15, -0.1) is 0 Å². The standard InChI is InChI=1S/C14H21NO3/c1-14(2,3)18-10-9-15-13(16)17-11-12-7-5-4-6-8-12/h4-8H,9-11H2,1-3H3,(H,15,16). The number of ether oxygens (including phenoxy) is 2. The third kappa shape index (κ3) is 6.91. The molecule has 18 heavy (non-hydrogen) atoms. The summed E-state index contributed by atoms with van der Waals surface area (Å²) in [5, 5.41) is 2.64. The number of nitrogens with one attached hydrogen (secondary N) is 1. The summed E-state index contributed by atoms with van der Waals surface area (Å²) < 4.78 is 10.5. The van der Waals surface area contributed by atoms with Gasteiger partial charge in [-0.05, 0) is 26.3 Å². The zero-order valence-corrected chi connectivity index (χ0v) is 11.2. The van der Waals surface area contributed by atoms with Gasteiger partial charge in [-0.25, -0.2) is 4.79 Å². The van der Waals surface area contributed by atoms with Gasteiger partial charge < -0.3 is 14.8 Å². The molecule has 1 aromatic rings. The summed E-state index contributed by atoms with van der Waals surface area (Å²) in [4.78, 5) is 11.4. The van der Waals surface area contributed by atoms with E-state index in [4.69, 9.17) is 9.47 Å². The summed E-state index contributed by atoms with van der Waals surface area (Å²) in [6.45, 7) is 7.13. The molecule has 0 atom stereocenters. The lowest BCUT2D eigenvalue weighted by atomic mass is 10.2. The highest BCUT2D eigenvalue weighted by atomic mass is 16.5. The Bertz CT molecular complexity index is 357. The fourth-order valence-corrected chi connectivity index (χ4v) is 1.28. The van der Waals surface area contributed by atoms with Crippen molar-refractivity contribution >= 4 is 6.09 Å². The van der Waals surface area contributed by atoms with Gasteiger partial charge in [0.25, 0.3) is 0 Å². The molecule has 100 valence electrons. The number of amides is 1. The summed E-state index contributed by atoms with van der Waals surface area (Å²) in [6, 6.07) is 9.57. The minimum absolute atomic E-state index is 0.185. The van der Waals surface area contributed by atoms with E-state index in [0.717, 1.165) is 5.56 Å². The first-order valence-corrected chi connectivity index (χ1v) is 6.06. The zero-order chi connectivity index (χ0) is 13.4. The zero-order valence-electron chi connectivity index (χ0n) is 11.2. The van der Waals surface area contributed by atoms with Crippen LogP contribution in [0.1, 0.15) is 26.3 Å². The first kappa shape index (κ1) is 14.5. The van der Waals surface area contributed by atoms with E-state index in [1.165, 1.54) is 0 Å². The van der Waals surface area contributed by atoms with Crippen molar-refractivity contribution in [2.45, 2.75) is 33.0 Å². The van der Waals surface area contributed by atoms with Gasteiger partial charge >= 0.3 is 6.09 Å². The molecule has 0 heterocycles. The Morgan fingerprint density at radius 3 is 2.50 bits per heavy atom. The topological polar surface area (TPSA) is 47.6 Å². The Kier molecular flexibility index (Phi) is 5.65. The Hall–Kier alpha value is -1.55. The molecule has 0 radical (unpaired) electrons. The van der Waals surface area contributed by atoms with Crippen molar-refractivity contribution in [3.05, 3.63) is 35.9 Å². The van der Waals surface area contributed by atoms with Gasteiger partial charge in [0, 0.05) is 6.54 Å². The van der Waals surface area contributed by atoms with Crippen molar-refractivity contribution in [3.63, 3.8) is 0 Å². The van der Waals surface area contributed by atoms with Crippen LogP contribution in [0.3, 0.4) is 0 Å². The first-order valence-electron chi connectivity index (χ1n) is 6.06. The highest BCUT2D eigenvalue weighted by molar-refractivity contribution is 5.67. The molecule has 0 aliphatic rings. The molecule has 0 saturated heterocycles. The van der Waals surface area contributed by atoms with E-state index < -0.39 is 6.09 Å². The predicted molar refractivity (Wildman–Crippen MR) is 70.3 cm³/mol. The molecular formula is C14H21NO3. The summed E-state index contributed by atoms with van der Waals surface area (Å²) in [6.07, 6.45) is -0.420. The minimum atomic E-state index is -0.420. The monoisotopic (exact) mass is 251 g/mol. The first-order chi connectivity index (χ1) is 8.47.